The van der Waals surface area contributed by atoms with Crippen molar-refractivity contribution in [1.29, 1.82) is 0 Å². The normalized spacial score (nSPS) is 10.6. The Kier molecular flexibility index (Phi) is 7.25. The number of hydrogen-bond donors (Lipinski definition) is 2. The topological polar surface area (TPSA) is 66.8 Å². The minimum absolute atomic E-state index is 0.159. The molecule has 0 saturated heterocycles. The number of aromatic hydroxyl groups is 2. The molecule has 3 rings (SSSR count). The molecule has 4 nitrogen and oxygen atoms in total. The second-order valence-corrected chi connectivity index (χ2v) is 6.13. The summed E-state index contributed by atoms with van der Waals surface area (Å²) in [4.78, 5) is 10.1. The molecule has 2 N–H and O–H groups in total. The molecule has 0 spiro atoms. The van der Waals surface area contributed by atoms with Crippen LogP contribution in [-0.2, 0) is 12.8 Å². The SMILES string of the molecule is Cc1ccc(O)c(OCc2ccccc2)c1.O=Cc1ccc(C(F)(F)F)cc1O. The molecule has 0 atom stereocenters. The smallest absolute Gasteiger partial charge is 0.416 e. The molecular formula is C22H19F3O4. The van der Waals surface area contributed by atoms with Crippen LogP contribution in [0.3, 0.4) is 0 Å². The number of aryl methyl sites for hydroxylation is 1. The fraction of sp³-hybridized carbons (Fsp3) is 0.136. The lowest BCUT2D eigenvalue weighted by Gasteiger charge is -2.08. The van der Waals surface area contributed by atoms with Crippen LogP contribution in [0.4, 0.5) is 13.2 Å². The summed E-state index contributed by atoms with van der Waals surface area (Å²) in [5, 5.41) is 18.5. The number of carbonyl (C=O) groups excluding carboxylic acids is 1. The largest absolute Gasteiger partial charge is 0.507 e. The van der Waals surface area contributed by atoms with E-state index in [4.69, 9.17) is 9.84 Å². The van der Waals surface area contributed by atoms with Crippen molar-refractivity contribution in [2.75, 3.05) is 0 Å². The van der Waals surface area contributed by atoms with Gasteiger partial charge in [0.25, 0.3) is 0 Å². The third-order valence-electron chi connectivity index (χ3n) is 3.84. The maximum atomic E-state index is 12.0. The molecule has 0 bridgehead atoms. The van der Waals surface area contributed by atoms with Gasteiger partial charge in [-0.1, -0.05) is 36.4 Å². The summed E-state index contributed by atoms with van der Waals surface area (Å²) in [5.41, 5.74) is 1.02. The van der Waals surface area contributed by atoms with Gasteiger partial charge < -0.3 is 14.9 Å². The second-order valence-electron chi connectivity index (χ2n) is 6.13. The summed E-state index contributed by atoms with van der Waals surface area (Å²) in [6, 6.07) is 17.4. The quantitative estimate of drug-likeness (QED) is 0.563. The predicted octanol–water partition coefficient (Wildman–Crippen LogP) is 5.50. The van der Waals surface area contributed by atoms with Gasteiger partial charge in [-0.25, -0.2) is 0 Å². The van der Waals surface area contributed by atoms with E-state index in [9.17, 15) is 23.1 Å². The molecule has 7 heteroatoms. The molecule has 0 aromatic heterocycles. The highest BCUT2D eigenvalue weighted by Crippen LogP contribution is 2.32. The Morgan fingerprint density at radius 1 is 0.931 bits per heavy atom. The average Bonchev–Trinajstić information content (AvgIpc) is 2.69. The van der Waals surface area contributed by atoms with Gasteiger partial charge in [-0.15, -0.1) is 0 Å². The minimum atomic E-state index is -4.50. The number of ether oxygens (including phenoxy) is 1. The zero-order chi connectivity index (χ0) is 21.4. The first-order chi connectivity index (χ1) is 13.7. The van der Waals surface area contributed by atoms with Gasteiger partial charge in [0.2, 0.25) is 0 Å². The van der Waals surface area contributed by atoms with E-state index in [1.807, 2.05) is 49.4 Å². The zero-order valence-electron chi connectivity index (χ0n) is 15.5. The fourth-order valence-electron chi connectivity index (χ4n) is 2.29. The van der Waals surface area contributed by atoms with Gasteiger partial charge >= 0.3 is 6.18 Å². The monoisotopic (exact) mass is 404 g/mol. The highest BCUT2D eigenvalue weighted by molar-refractivity contribution is 5.79. The van der Waals surface area contributed by atoms with E-state index in [0.29, 0.717) is 18.4 Å². The Morgan fingerprint density at radius 3 is 2.21 bits per heavy atom. The van der Waals surface area contributed by atoms with Gasteiger partial charge in [-0.05, 0) is 48.4 Å². The van der Waals surface area contributed by atoms with Crippen molar-refractivity contribution in [2.24, 2.45) is 0 Å². The third kappa shape index (κ3) is 6.57. The van der Waals surface area contributed by atoms with Crippen LogP contribution in [0.25, 0.3) is 0 Å². The number of phenolic OH excluding ortho intramolecular Hbond substituents is 2. The first-order valence-corrected chi connectivity index (χ1v) is 8.52. The zero-order valence-corrected chi connectivity index (χ0v) is 15.5. The first-order valence-electron chi connectivity index (χ1n) is 8.52. The van der Waals surface area contributed by atoms with Crippen LogP contribution in [0.1, 0.15) is 27.0 Å². The summed E-state index contributed by atoms with van der Waals surface area (Å²) in [5.74, 6) is 0.0511. The summed E-state index contributed by atoms with van der Waals surface area (Å²) < 4.78 is 41.6. The Bertz CT molecular complexity index is 954. The van der Waals surface area contributed by atoms with E-state index in [1.54, 1.807) is 6.07 Å². The predicted molar refractivity (Wildman–Crippen MR) is 102 cm³/mol. The first kappa shape index (κ1) is 21.8. The molecule has 0 saturated carbocycles. The molecule has 3 aromatic rings. The molecule has 3 aromatic carbocycles. The van der Waals surface area contributed by atoms with Crippen LogP contribution in [-0.4, -0.2) is 16.5 Å². The molecule has 29 heavy (non-hydrogen) atoms. The van der Waals surface area contributed by atoms with Gasteiger partial charge in [-0.3, -0.25) is 4.79 Å². The van der Waals surface area contributed by atoms with E-state index < -0.39 is 17.5 Å². The van der Waals surface area contributed by atoms with Crippen molar-refractivity contribution >= 4 is 6.29 Å². The van der Waals surface area contributed by atoms with Crippen LogP contribution in [0, 0.1) is 6.92 Å². The minimum Gasteiger partial charge on any atom is -0.507 e. The molecule has 0 unspecified atom stereocenters. The van der Waals surface area contributed by atoms with E-state index in [2.05, 4.69) is 0 Å². The Hall–Kier alpha value is -3.48. The number of benzene rings is 3. The fourth-order valence-corrected chi connectivity index (χ4v) is 2.29. The average molecular weight is 404 g/mol. The van der Waals surface area contributed by atoms with Crippen molar-refractivity contribution in [3.05, 3.63) is 89.0 Å². The van der Waals surface area contributed by atoms with Crippen molar-refractivity contribution in [3.63, 3.8) is 0 Å². The Balaban J connectivity index is 0.000000212. The van der Waals surface area contributed by atoms with Gasteiger partial charge in [-0.2, -0.15) is 13.2 Å². The van der Waals surface area contributed by atoms with Crippen LogP contribution in [0.2, 0.25) is 0 Å². The molecule has 0 aliphatic carbocycles. The standard InChI is InChI=1S/C14H14O2.C8H5F3O2/c1-11-7-8-13(15)14(9-11)16-10-12-5-3-2-4-6-12;9-8(10,11)6-2-1-5(4-12)7(13)3-6/h2-9,15H,10H2,1H3;1-4,13H. The molecular weight excluding hydrogens is 385 g/mol. The van der Waals surface area contributed by atoms with E-state index in [-0.39, 0.29) is 17.6 Å². The van der Waals surface area contributed by atoms with Gasteiger partial charge in [0, 0.05) is 0 Å². The van der Waals surface area contributed by atoms with Crippen LogP contribution in [0.5, 0.6) is 17.2 Å². The maximum absolute atomic E-state index is 12.0. The molecule has 0 heterocycles. The molecule has 0 aliphatic rings. The van der Waals surface area contributed by atoms with Gasteiger partial charge in [0.1, 0.15) is 12.4 Å². The summed E-state index contributed by atoms with van der Waals surface area (Å²) in [7, 11) is 0. The van der Waals surface area contributed by atoms with E-state index >= 15 is 0 Å². The number of hydrogen-bond acceptors (Lipinski definition) is 4. The summed E-state index contributed by atoms with van der Waals surface area (Å²) in [6.45, 7) is 2.44. The van der Waals surface area contributed by atoms with Crippen molar-refractivity contribution in [1.82, 2.24) is 0 Å². The highest BCUT2D eigenvalue weighted by atomic mass is 19.4. The van der Waals surface area contributed by atoms with E-state index in [0.717, 1.165) is 23.3 Å². The van der Waals surface area contributed by atoms with Gasteiger partial charge in [0.15, 0.2) is 17.8 Å². The van der Waals surface area contributed by atoms with E-state index in [1.165, 1.54) is 0 Å². The second kappa shape index (κ2) is 9.64. The van der Waals surface area contributed by atoms with Crippen LogP contribution >= 0.6 is 0 Å². The lowest BCUT2D eigenvalue weighted by atomic mass is 10.1. The van der Waals surface area contributed by atoms with Crippen molar-refractivity contribution < 1.29 is 32.9 Å². The third-order valence-corrected chi connectivity index (χ3v) is 3.84. The van der Waals surface area contributed by atoms with Crippen LogP contribution < -0.4 is 4.74 Å². The summed E-state index contributed by atoms with van der Waals surface area (Å²) >= 11 is 0. The Morgan fingerprint density at radius 2 is 1.62 bits per heavy atom. The molecule has 0 aliphatic heterocycles. The Labute approximate surface area is 165 Å². The number of phenols is 2. The summed E-state index contributed by atoms with van der Waals surface area (Å²) in [6.07, 6.45) is -4.21. The molecule has 0 fully saturated rings. The number of aldehydes is 1. The number of halogens is 3. The molecule has 0 radical (unpaired) electrons. The lowest BCUT2D eigenvalue weighted by molar-refractivity contribution is -0.137. The maximum Gasteiger partial charge on any atom is 0.416 e. The van der Waals surface area contributed by atoms with Crippen LogP contribution in [0.15, 0.2) is 66.7 Å². The molecule has 0 amide bonds. The number of alkyl halides is 3. The van der Waals surface area contributed by atoms with Crippen molar-refractivity contribution in [3.8, 4) is 17.2 Å². The lowest BCUT2D eigenvalue weighted by Crippen LogP contribution is -2.04. The number of rotatable bonds is 4. The molecule has 152 valence electrons. The number of carbonyl (C=O) groups is 1. The highest BCUT2D eigenvalue weighted by Gasteiger charge is 2.30. The van der Waals surface area contributed by atoms with Crippen molar-refractivity contribution in [2.45, 2.75) is 19.7 Å². The van der Waals surface area contributed by atoms with Gasteiger partial charge in [0.05, 0.1) is 11.1 Å².